The summed E-state index contributed by atoms with van der Waals surface area (Å²) in [5, 5.41) is 8.06. The summed E-state index contributed by atoms with van der Waals surface area (Å²) < 4.78 is 0. The number of rotatable bonds is 5. The number of nitrogens with zero attached hydrogens (tertiary/aromatic N) is 1. The lowest BCUT2D eigenvalue weighted by atomic mass is 9.91. The molecule has 15 heavy (non-hydrogen) atoms. The summed E-state index contributed by atoms with van der Waals surface area (Å²) in [6.07, 6.45) is 9.67. The second-order valence-corrected chi connectivity index (χ2v) is 4.10. The molecule has 0 aromatic heterocycles. The van der Waals surface area contributed by atoms with Crippen molar-refractivity contribution >= 4 is 11.9 Å². The monoisotopic (exact) mass is 206 g/mol. The van der Waals surface area contributed by atoms with Gasteiger partial charge in [-0.25, -0.2) is 0 Å². The summed E-state index contributed by atoms with van der Waals surface area (Å²) in [5.41, 5.74) is 3.23. The van der Waals surface area contributed by atoms with Gasteiger partial charge in [0.1, 0.15) is 0 Å². The molecule has 0 amide bonds. The third-order valence-electron chi connectivity index (χ3n) is 2.87. The Hall–Kier alpha value is -0.920. The van der Waals surface area contributed by atoms with E-state index in [-0.39, 0.29) is 0 Å². The van der Waals surface area contributed by atoms with Crippen molar-refractivity contribution in [1.29, 1.82) is 5.41 Å². The van der Waals surface area contributed by atoms with E-state index in [1.165, 1.54) is 30.5 Å². The van der Waals surface area contributed by atoms with Crippen LogP contribution in [0.1, 0.15) is 58.8 Å². The molecular weight excluding hydrogens is 184 g/mol. The lowest BCUT2D eigenvalue weighted by Gasteiger charge is -2.18. The Morgan fingerprint density at radius 1 is 1.40 bits per heavy atom. The van der Waals surface area contributed by atoms with Crippen LogP contribution in [0.3, 0.4) is 0 Å². The van der Waals surface area contributed by atoms with Gasteiger partial charge < -0.3 is 5.41 Å². The molecule has 1 aliphatic carbocycles. The number of hydrogen-bond acceptors (Lipinski definition) is 2. The van der Waals surface area contributed by atoms with Crippen LogP contribution in [0, 0.1) is 5.41 Å². The minimum atomic E-state index is 0.831. The van der Waals surface area contributed by atoms with Crippen molar-refractivity contribution in [2.24, 2.45) is 4.99 Å². The topological polar surface area (TPSA) is 36.2 Å². The molecule has 1 N–H and O–H groups in total. The van der Waals surface area contributed by atoms with Crippen LogP contribution in [-0.2, 0) is 0 Å². The van der Waals surface area contributed by atoms with Crippen molar-refractivity contribution in [2.75, 3.05) is 0 Å². The van der Waals surface area contributed by atoms with Gasteiger partial charge in [0.2, 0.25) is 0 Å². The fraction of sp³-hybridized carbons (Fsp3) is 0.692. The first kappa shape index (κ1) is 12.2. The van der Waals surface area contributed by atoms with Gasteiger partial charge >= 0.3 is 0 Å². The van der Waals surface area contributed by atoms with E-state index in [2.05, 4.69) is 11.9 Å². The van der Waals surface area contributed by atoms with Gasteiger partial charge in [0.05, 0.1) is 0 Å². The first-order valence-electron chi connectivity index (χ1n) is 6.08. The highest BCUT2D eigenvalue weighted by molar-refractivity contribution is 5.98. The molecule has 0 atom stereocenters. The van der Waals surface area contributed by atoms with E-state index in [1.54, 1.807) is 0 Å². The molecule has 0 spiro atoms. The highest BCUT2D eigenvalue weighted by Gasteiger charge is 2.15. The molecule has 0 aromatic carbocycles. The predicted octanol–water partition coefficient (Wildman–Crippen LogP) is 4.12. The standard InChI is InChI=1S/C13H22N2/c1-3-5-9-12(14)11-8-6-7-10-13(11)15-4-2/h4,14H,3,5-10H2,1-2H3. The van der Waals surface area contributed by atoms with E-state index < -0.39 is 0 Å². The lowest BCUT2D eigenvalue weighted by molar-refractivity contribution is 0.679. The molecule has 2 nitrogen and oxygen atoms in total. The van der Waals surface area contributed by atoms with Gasteiger partial charge in [0.25, 0.3) is 0 Å². The van der Waals surface area contributed by atoms with Gasteiger partial charge in [0.15, 0.2) is 0 Å². The molecule has 0 fully saturated rings. The van der Waals surface area contributed by atoms with Crippen molar-refractivity contribution in [2.45, 2.75) is 58.8 Å². The van der Waals surface area contributed by atoms with Crippen LogP contribution in [0.25, 0.3) is 0 Å². The molecule has 0 saturated heterocycles. The van der Waals surface area contributed by atoms with Crippen molar-refractivity contribution in [1.82, 2.24) is 0 Å². The lowest BCUT2D eigenvalue weighted by Crippen LogP contribution is -2.08. The molecule has 0 heterocycles. The number of aliphatic imine (C=N–C) groups is 1. The molecule has 84 valence electrons. The Morgan fingerprint density at radius 3 is 2.80 bits per heavy atom. The Kier molecular flexibility index (Phi) is 5.30. The summed E-state index contributed by atoms with van der Waals surface area (Å²) in [6, 6.07) is 0. The Morgan fingerprint density at radius 2 is 2.13 bits per heavy atom. The minimum Gasteiger partial charge on any atom is -0.305 e. The second-order valence-electron chi connectivity index (χ2n) is 4.10. The van der Waals surface area contributed by atoms with Gasteiger partial charge in [-0.15, -0.1) is 0 Å². The zero-order chi connectivity index (χ0) is 11.1. The van der Waals surface area contributed by atoms with Crippen LogP contribution in [0.15, 0.2) is 16.3 Å². The molecule has 0 aromatic rings. The first-order valence-corrected chi connectivity index (χ1v) is 6.08. The highest BCUT2D eigenvalue weighted by Crippen LogP contribution is 2.27. The fourth-order valence-electron chi connectivity index (χ4n) is 2.02. The van der Waals surface area contributed by atoms with Crippen molar-refractivity contribution in [3.63, 3.8) is 0 Å². The van der Waals surface area contributed by atoms with Crippen LogP contribution < -0.4 is 0 Å². The van der Waals surface area contributed by atoms with Gasteiger partial charge in [-0.05, 0) is 51.0 Å². The van der Waals surface area contributed by atoms with Crippen LogP contribution in [0.5, 0.6) is 0 Å². The van der Waals surface area contributed by atoms with Gasteiger partial charge in [-0.2, -0.15) is 0 Å². The maximum atomic E-state index is 8.06. The summed E-state index contributed by atoms with van der Waals surface area (Å²) in [5.74, 6) is 0. The summed E-state index contributed by atoms with van der Waals surface area (Å²) in [7, 11) is 0. The molecule has 1 rings (SSSR count). The number of allylic oxidation sites excluding steroid dienone is 2. The average molecular weight is 206 g/mol. The number of nitrogens with one attached hydrogen (secondary N) is 1. The first-order chi connectivity index (χ1) is 7.29. The Balaban J connectivity index is 2.72. The molecule has 1 aliphatic rings. The highest BCUT2D eigenvalue weighted by atomic mass is 14.7. The van der Waals surface area contributed by atoms with E-state index in [9.17, 15) is 0 Å². The molecule has 2 heteroatoms. The zero-order valence-electron chi connectivity index (χ0n) is 9.97. The fourth-order valence-corrected chi connectivity index (χ4v) is 2.02. The molecule has 0 unspecified atom stereocenters. The molecular formula is C13H22N2. The smallest absolute Gasteiger partial charge is 0.0449 e. The van der Waals surface area contributed by atoms with E-state index >= 15 is 0 Å². The largest absolute Gasteiger partial charge is 0.305 e. The van der Waals surface area contributed by atoms with Crippen LogP contribution in [-0.4, -0.2) is 11.9 Å². The average Bonchev–Trinajstić information content (AvgIpc) is 2.27. The number of unbranched alkanes of at least 4 members (excludes halogenated alkanes) is 1. The molecule has 0 aliphatic heterocycles. The van der Waals surface area contributed by atoms with E-state index in [0.29, 0.717) is 0 Å². The van der Waals surface area contributed by atoms with E-state index in [0.717, 1.165) is 31.4 Å². The van der Waals surface area contributed by atoms with Crippen molar-refractivity contribution < 1.29 is 0 Å². The Bertz CT molecular complexity index is 274. The minimum absolute atomic E-state index is 0.831. The Labute approximate surface area is 93.0 Å². The third-order valence-corrected chi connectivity index (χ3v) is 2.87. The quantitative estimate of drug-likeness (QED) is 0.657. The van der Waals surface area contributed by atoms with Crippen LogP contribution in [0.4, 0.5) is 0 Å². The molecule has 0 bridgehead atoms. The van der Waals surface area contributed by atoms with Crippen LogP contribution >= 0.6 is 0 Å². The SMILES string of the molecule is CC=NC1=C(C(=N)CCCC)CCCC1. The van der Waals surface area contributed by atoms with Gasteiger partial charge in [-0.1, -0.05) is 13.3 Å². The molecule has 0 radical (unpaired) electrons. The van der Waals surface area contributed by atoms with E-state index in [4.69, 9.17) is 5.41 Å². The summed E-state index contributed by atoms with van der Waals surface area (Å²) in [6.45, 7) is 4.13. The number of hydrogen-bond donors (Lipinski definition) is 1. The summed E-state index contributed by atoms with van der Waals surface area (Å²) in [4.78, 5) is 4.41. The zero-order valence-corrected chi connectivity index (χ0v) is 9.97. The second kappa shape index (κ2) is 6.54. The summed E-state index contributed by atoms with van der Waals surface area (Å²) >= 11 is 0. The van der Waals surface area contributed by atoms with Crippen molar-refractivity contribution in [3.8, 4) is 0 Å². The normalized spacial score (nSPS) is 17.5. The third kappa shape index (κ3) is 3.61. The van der Waals surface area contributed by atoms with E-state index in [1.807, 2.05) is 13.1 Å². The van der Waals surface area contributed by atoms with Gasteiger partial charge in [-0.3, -0.25) is 4.99 Å². The maximum Gasteiger partial charge on any atom is 0.0449 e. The molecule has 0 saturated carbocycles. The van der Waals surface area contributed by atoms with Crippen LogP contribution in [0.2, 0.25) is 0 Å². The maximum absolute atomic E-state index is 8.06. The van der Waals surface area contributed by atoms with Gasteiger partial charge in [0, 0.05) is 17.6 Å². The predicted molar refractivity (Wildman–Crippen MR) is 66.9 cm³/mol. The van der Waals surface area contributed by atoms with Crippen molar-refractivity contribution in [3.05, 3.63) is 11.3 Å².